The summed E-state index contributed by atoms with van der Waals surface area (Å²) in [5.74, 6) is 2.23. The molecule has 3 aromatic heterocycles. The van der Waals surface area contributed by atoms with Gasteiger partial charge in [-0.15, -0.1) is 54.1 Å². The van der Waals surface area contributed by atoms with Gasteiger partial charge in [0.05, 0.1) is 22.4 Å². The fourth-order valence-corrected chi connectivity index (χ4v) is 7.05. The van der Waals surface area contributed by atoms with Crippen LogP contribution in [0.3, 0.4) is 0 Å². The van der Waals surface area contributed by atoms with Crippen LogP contribution >= 0.6 is 0 Å². The second-order valence-corrected chi connectivity index (χ2v) is 12.5. The van der Waals surface area contributed by atoms with Gasteiger partial charge in [0.25, 0.3) is 0 Å². The van der Waals surface area contributed by atoms with Crippen LogP contribution in [0, 0.1) is 12.1 Å². The van der Waals surface area contributed by atoms with Gasteiger partial charge in [-0.05, 0) is 54.1 Å². The van der Waals surface area contributed by atoms with E-state index in [1.165, 1.54) is 47.9 Å². The molecular weight excluding hydrogens is 743 g/mol. The van der Waals surface area contributed by atoms with Crippen LogP contribution in [0.5, 0.6) is 0 Å². The van der Waals surface area contributed by atoms with Gasteiger partial charge in [0.1, 0.15) is 5.58 Å². The molecular formula is C41H35IrN3O-2. The van der Waals surface area contributed by atoms with Crippen molar-refractivity contribution in [3.63, 3.8) is 0 Å². The molecule has 0 amide bonds. The summed E-state index contributed by atoms with van der Waals surface area (Å²) in [5, 5.41) is 2.24. The van der Waals surface area contributed by atoms with E-state index in [9.17, 15) is 0 Å². The van der Waals surface area contributed by atoms with Gasteiger partial charge in [-0.25, -0.2) is 0 Å². The Hall–Kier alpha value is -4.31. The average Bonchev–Trinajstić information content (AvgIpc) is 3.85. The molecule has 1 aliphatic heterocycles. The van der Waals surface area contributed by atoms with Gasteiger partial charge in [-0.1, -0.05) is 85.7 Å². The Morgan fingerprint density at radius 1 is 0.891 bits per heavy atom. The molecule has 1 aliphatic carbocycles. The second kappa shape index (κ2) is 12.8. The number of rotatable bonds is 4. The number of hydrogen-bond acceptors (Lipinski definition) is 3. The van der Waals surface area contributed by atoms with Crippen LogP contribution in [-0.4, -0.2) is 14.5 Å². The topological polar surface area (TPSA) is 43.9 Å². The fraction of sp³-hybridized carbons (Fsp3) is 0.220. The number of benzene rings is 4. The average molecular weight is 778 g/mol. The van der Waals surface area contributed by atoms with Gasteiger partial charge in [-0.3, -0.25) is 4.98 Å². The molecule has 0 unspecified atom stereocenters. The van der Waals surface area contributed by atoms with E-state index in [-0.39, 0.29) is 20.1 Å². The summed E-state index contributed by atoms with van der Waals surface area (Å²) in [4.78, 5) is 9.44. The van der Waals surface area contributed by atoms with Gasteiger partial charge in [-0.2, -0.15) is 0 Å². The van der Waals surface area contributed by atoms with Crippen LogP contribution in [0.15, 0.2) is 102 Å². The Kier molecular flexibility index (Phi) is 8.46. The van der Waals surface area contributed by atoms with Gasteiger partial charge in [0, 0.05) is 43.8 Å². The van der Waals surface area contributed by atoms with Gasteiger partial charge in [0.15, 0.2) is 0 Å². The van der Waals surface area contributed by atoms with Crippen molar-refractivity contribution in [2.75, 3.05) is 0 Å². The number of aromatic nitrogens is 3. The second-order valence-electron chi connectivity index (χ2n) is 12.5. The van der Waals surface area contributed by atoms with Crippen molar-refractivity contribution in [1.29, 1.82) is 0 Å². The van der Waals surface area contributed by atoms with Gasteiger partial charge < -0.3 is 14.0 Å². The molecule has 4 aromatic carbocycles. The minimum Gasteiger partial charge on any atom is -0.501 e. The third-order valence-electron chi connectivity index (χ3n) is 9.34. The maximum atomic E-state index is 6.07. The van der Waals surface area contributed by atoms with Crippen LogP contribution in [0.25, 0.3) is 61.7 Å². The Bertz CT molecular complexity index is 2180. The summed E-state index contributed by atoms with van der Waals surface area (Å²) < 4.78 is 8.42. The van der Waals surface area contributed by atoms with Crippen molar-refractivity contribution >= 4 is 39.0 Å². The summed E-state index contributed by atoms with van der Waals surface area (Å²) in [6.07, 6.45) is 11.9. The first-order chi connectivity index (χ1) is 22.2. The van der Waals surface area contributed by atoms with E-state index in [0.717, 1.165) is 62.6 Å². The van der Waals surface area contributed by atoms with Crippen LogP contribution in [0.2, 0.25) is 0 Å². The molecule has 9 rings (SSSR count). The van der Waals surface area contributed by atoms with E-state index in [2.05, 4.69) is 96.2 Å². The zero-order chi connectivity index (χ0) is 30.3. The smallest absolute Gasteiger partial charge is 0.120 e. The molecule has 4 heterocycles. The maximum Gasteiger partial charge on any atom is 0.120 e. The SMILES string of the molecule is CC(C)c1ccnc(-c2[c-]ccc3c2oc2ccccc23)c1.[Ir].[c-]1ccccc1-c1nc2ccc(C3CCCC3)c3c2n1CC=C3. The van der Waals surface area contributed by atoms with Crippen LogP contribution < -0.4 is 0 Å². The molecule has 0 saturated heterocycles. The third kappa shape index (κ3) is 5.42. The number of furan rings is 1. The molecule has 1 saturated carbocycles. The van der Waals surface area contributed by atoms with E-state index in [1.807, 2.05) is 42.6 Å². The van der Waals surface area contributed by atoms with Gasteiger partial charge >= 0.3 is 0 Å². The van der Waals surface area contributed by atoms with Gasteiger partial charge in [0.2, 0.25) is 0 Å². The minimum atomic E-state index is 0. The van der Waals surface area contributed by atoms with Crippen LogP contribution in [0.4, 0.5) is 0 Å². The summed E-state index contributed by atoms with van der Waals surface area (Å²) in [6, 6.07) is 35.6. The zero-order valence-corrected chi connectivity index (χ0v) is 28.5. The molecule has 2 aliphatic rings. The van der Waals surface area contributed by atoms with Crippen LogP contribution in [0.1, 0.15) is 68.1 Å². The number of pyridine rings is 1. The Morgan fingerprint density at radius 2 is 1.74 bits per heavy atom. The molecule has 0 bridgehead atoms. The Balaban J connectivity index is 0.000000144. The first-order valence-corrected chi connectivity index (χ1v) is 16.1. The molecule has 5 heteroatoms. The quantitative estimate of drug-likeness (QED) is 0.167. The van der Waals surface area contributed by atoms with Crippen molar-refractivity contribution in [2.45, 2.75) is 57.9 Å². The van der Waals surface area contributed by atoms with E-state index >= 15 is 0 Å². The predicted molar refractivity (Wildman–Crippen MR) is 184 cm³/mol. The van der Waals surface area contributed by atoms with Crippen molar-refractivity contribution in [3.8, 4) is 22.6 Å². The summed E-state index contributed by atoms with van der Waals surface area (Å²) in [5.41, 5.74) is 11.3. The Labute approximate surface area is 283 Å². The summed E-state index contributed by atoms with van der Waals surface area (Å²) >= 11 is 0. The molecule has 0 spiro atoms. The van der Waals surface area contributed by atoms with Crippen molar-refractivity contribution in [2.24, 2.45) is 0 Å². The van der Waals surface area contributed by atoms with Crippen molar-refractivity contribution < 1.29 is 24.5 Å². The Morgan fingerprint density at radius 3 is 2.57 bits per heavy atom. The van der Waals surface area contributed by atoms with E-state index in [1.54, 1.807) is 0 Å². The number of fused-ring (bicyclic) bond motifs is 3. The molecule has 0 atom stereocenters. The van der Waals surface area contributed by atoms with E-state index < -0.39 is 0 Å². The zero-order valence-electron chi connectivity index (χ0n) is 26.1. The minimum absolute atomic E-state index is 0. The molecule has 4 nitrogen and oxygen atoms in total. The largest absolute Gasteiger partial charge is 0.501 e. The molecule has 0 N–H and O–H groups in total. The number of hydrogen-bond donors (Lipinski definition) is 0. The molecule has 1 radical (unpaired) electrons. The maximum absolute atomic E-state index is 6.07. The standard InChI is InChI=1S/C21H19N2.C20H16NO.Ir/c1-2-9-16(10-3-1)21-22-19-13-12-17(15-7-4-5-8-15)18-11-6-14-23(21)20(18)19;1-13(2)14-10-11-21-18(12-14)17-8-5-7-16-15-6-3-4-9-19(15)22-20(16)17;/h1-3,6,9,11-13,15H,4-5,7-8,14H2;3-7,9-13H,1-2H3;/q2*-1;. The predicted octanol–water partition coefficient (Wildman–Crippen LogP) is 10.8. The number of nitrogens with zero attached hydrogens (tertiary/aromatic N) is 3. The molecule has 231 valence electrons. The summed E-state index contributed by atoms with van der Waals surface area (Å²) in [6.45, 7) is 5.27. The number of para-hydroxylation sites is 1. The molecule has 46 heavy (non-hydrogen) atoms. The normalized spacial score (nSPS) is 14.2. The number of imidazole rings is 1. The van der Waals surface area contributed by atoms with E-state index in [0.29, 0.717) is 5.92 Å². The van der Waals surface area contributed by atoms with Crippen LogP contribution in [-0.2, 0) is 26.7 Å². The number of allylic oxidation sites excluding steroid dienone is 1. The fourth-order valence-electron chi connectivity index (χ4n) is 7.05. The first-order valence-electron chi connectivity index (χ1n) is 16.1. The van der Waals surface area contributed by atoms with Crippen molar-refractivity contribution in [1.82, 2.24) is 14.5 Å². The van der Waals surface area contributed by atoms with Crippen molar-refractivity contribution in [3.05, 3.63) is 126 Å². The molecule has 7 aromatic rings. The molecule has 1 fully saturated rings. The first kappa shape index (κ1) is 30.3. The van der Waals surface area contributed by atoms with E-state index in [4.69, 9.17) is 9.40 Å². The third-order valence-corrected chi connectivity index (χ3v) is 9.34. The summed E-state index contributed by atoms with van der Waals surface area (Å²) in [7, 11) is 0. The monoisotopic (exact) mass is 778 g/mol.